The lowest BCUT2D eigenvalue weighted by Gasteiger charge is -2.46. The molecule has 0 rings (SSSR count). The first-order chi connectivity index (χ1) is 15.0. The van der Waals surface area contributed by atoms with Gasteiger partial charge in [0.1, 0.15) is 5.78 Å². The van der Waals surface area contributed by atoms with Crippen LogP contribution < -0.4 is 0 Å². The van der Waals surface area contributed by atoms with Gasteiger partial charge in [0.2, 0.25) is 0 Å². The van der Waals surface area contributed by atoms with Crippen LogP contribution >= 0.6 is 0 Å². The van der Waals surface area contributed by atoms with Gasteiger partial charge in [-0.2, -0.15) is 0 Å². The maximum Gasteiger partial charge on any atom is 0.308 e. The Hall–Kier alpha value is -0.546. The van der Waals surface area contributed by atoms with Crippen LogP contribution in [-0.4, -0.2) is 59.4 Å². The molecule has 34 heavy (non-hydrogen) atoms. The van der Waals surface area contributed by atoms with Gasteiger partial charge in [-0.3, -0.25) is 9.59 Å². The molecule has 4 atom stereocenters. The third-order valence-corrected chi connectivity index (χ3v) is 17.2. The third-order valence-electron chi connectivity index (χ3n) is 8.25. The van der Waals surface area contributed by atoms with Gasteiger partial charge >= 0.3 is 5.97 Å². The predicted molar refractivity (Wildman–Crippen MR) is 145 cm³/mol. The van der Waals surface area contributed by atoms with Gasteiger partial charge in [0, 0.05) is 23.9 Å². The van der Waals surface area contributed by atoms with Gasteiger partial charge in [0.15, 0.2) is 16.6 Å². The summed E-state index contributed by atoms with van der Waals surface area (Å²) in [4.78, 5) is 26.4. The fourth-order valence-corrected chi connectivity index (χ4v) is 6.35. The van der Waals surface area contributed by atoms with Crippen molar-refractivity contribution in [3.8, 4) is 0 Å². The zero-order valence-corrected chi connectivity index (χ0v) is 26.7. The Balaban J connectivity index is 6.28. The molecule has 0 unspecified atom stereocenters. The monoisotopic (exact) mass is 518 g/mol. The summed E-state index contributed by atoms with van der Waals surface area (Å²) >= 11 is 0. The Morgan fingerprint density at radius 1 is 0.824 bits per heavy atom. The molecule has 0 aliphatic heterocycles. The van der Waals surface area contributed by atoms with Gasteiger partial charge in [-0.05, 0) is 36.3 Å². The van der Waals surface area contributed by atoms with Crippen LogP contribution in [0.2, 0.25) is 36.3 Å². The maximum absolute atomic E-state index is 14.0. The quantitative estimate of drug-likeness (QED) is 0.245. The molecule has 0 saturated heterocycles. The SMILES string of the molecule is COC(=O)C[C@H](O[Si](C)(C)C(C)(C)C)C(C)(C)C(=O)[C@H](C)[C@@H](O[Si](C)(C)C(C)(C)C)[C@@H](C)CO. The second-order valence-electron chi connectivity index (χ2n) is 13.5. The average molecular weight is 519 g/mol. The number of carbonyl (C=O) groups is 2. The van der Waals surface area contributed by atoms with Crippen molar-refractivity contribution >= 4 is 28.4 Å². The Kier molecular flexibility index (Phi) is 11.5. The molecule has 0 heterocycles. The molecule has 0 fully saturated rings. The molecule has 8 heteroatoms. The second-order valence-corrected chi connectivity index (χ2v) is 23.0. The van der Waals surface area contributed by atoms with Gasteiger partial charge in [0.25, 0.3) is 0 Å². The van der Waals surface area contributed by atoms with E-state index in [1.807, 2.05) is 27.7 Å². The first-order valence-electron chi connectivity index (χ1n) is 12.5. The van der Waals surface area contributed by atoms with E-state index in [1.165, 1.54) is 7.11 Å². The molecule has 6 nitrogen and oxygen atoms in total. The number of aliphatic hydroxyl groups excluding tert-OH is 1. The molecule has 1 N–H and O–H groups in total. The molecule has 0 saturated carbocycles. The first-order valence-corrected chi connectivity index (χ1v) is 18.4. The van der Waals surface area contributed by atoms with Crippen molar-refractivity contribution in [2.45, 2.75) is 124 Å². The highest BCUT2D eigenvalue weighted by Crippen LogP contribution is 2.43. The van der Waals surface area contributed by atoms with Crippen molar-refractivity contribution in [2.24, 2.45) is 17.3 Å². The maximum atomic E-state index is 14.0. The number of aliphatic hydroxyl groups is 1. The van der Waals surface area contributed by atoms with Crippen molar-refractivity contribution in [1.29, 1.82) is 0 Å². The predicted octanol–water partition coefficient (Wildman–Crippen LogP) is 6.19. The minimum absolute atomic E-state index is 0.0117. The number of carbonyl (C=O) groups excluding carboxylic acids is 2. The van der Waals surface area contributed by atoms with Crippen LogP contribution in [0.5, 0.6) is 0 Å². The van der Waals surface area contributed by atoms with Crippen molar-refractivity contribution in [1.82, 2.24) is 0 Å². The van der Waals surface area contributed by atoms with E-state index < -0.39 is 46.1 Å². The number of hydrogen-bond donors (Lipinski definition) is 1. The zero-order valence-electron chi connectivity index (χ0n) is 24.7. The first kappa shape index (κ1) is 33.5. The number of methoxy groups -OCH3 is 1. The lowest BCUT2D eigenvalue weighted by atomic mass is 9.73. The molecule has 202 valence electrons. The molecular weight excluding hydrogens is 464 g/mol. The van der Waals surface area contributed by atoms with Gasteiger partial charge in [-0.25, -0.2) is 0 Å². The van der Waals surface area contributed by atoms with Crippen molar-refractivity contribution in [2.75, 3.05) is 13.7 Å². The summed E-state index contributed by atoms with van der Waals surface area (Å²) in [6, 6.07) is 0. The fraction of sp³-hybridized carbons (Fsp3) is 0.923. The minimum atomic E-state index is -2.28. The lowest BCUT2D eigenvalue weighted by molar-refractivity contribution is -0.148. The summed E-state index contributed by atoms with van der Waals surface area (Å²) in [6.07, 6.45) is -1.03. The van der Waals surface area contributed by atoms with Crippen LogP contribution in [0.4, 0.5) is 0 Å². The van der Waals surface area contributed by atoms with E-state index in [-0.39, 0.29) is 34.8 Å². The van der Waals surface area contributed by atoms with Crippen LogP contribution in [-0.2, 0) is 23.2 Å². The highest BCUT2D eigenvalue weighted by Gasteiger charge is 2.49. The largest absolute Gasteiger partial charge is 0.469 e. The van der Waals surface area contributed by atoms with E-state index in [9.17, 15) is 14.7 Å². The summed E-state index contributed by atoms with van der Waals surface area (Å²) in [5, 5.41) is 9.88. The van der Waals surface area contributed by atoms with E-state index in [1.54, 1.807) is 0 Å². The number of hydrogen-bond acceptors (Lipinski definition) is 6. The third kappa shape index (κ3) is 8.25. The number of Topliss-reactive ketones (excluding diaryl/α,β-unsaturated/α-hetero) is 1. The Morgan fingerprint density at radius 3 is 1.59 bits per heavy atom. The van der Waals surface area contributed by atoms with Crippen LogP contribution in [0.15, 0.2) is 0 Å². The van der Waals surface area contributed by atoms with Crippen molar-refractivity contribution < 1.29 is 28.3 Å². The fourth-order valence-electron chi connectivity index (χ4n) is 3.44. The Bertz CT molecular complexity index is 688. The standard InChI is InChI=1S/C26H54O6Si2/c1-18(17-27)22(32-34(14,15)25(6,7)8)19(2)23(29)26(9,10)20(16-21(28)30-11)31-33(12,13)24(3,4)5/h18-20,22,27H,16-17H2,1-15H3/t18-,19+,20-,22-/m0/s1. The molecule has 0 bridgehead atoms. The van der Waals surface area contributed by atoms with Gasteiger partial charge < -0.3 is 18.7 Å². The van der Waals surface area contributed by atoms with Crippen LogP contribution in [0.1, 0.15) is 75.7 Å². The number of ether oxygens (including phenoxy) is 1. The highest BCUT2D eigenvalue weighted by molar-refractivity contribution is 6.74. The summed E-state index contributed by atoms with van der Waals surface area (Å²) in [5.41, 5.74) is -0.951. The molecular formula is C26H54O6Si2. The molecule has 0 aliphatic carbocycles. The number of esters is 1. The Morgan fingerprint density at radius 2 is 1.24 bits per heavy atom. The average Bonchev–Trinajstić information content (AvgIpc) is 2.67. The molecule has 0 radical (unpaired) electrons. The van der Waals surface area contributed by atoms with E-state index in [0.29, 0.717) is 0 Å². The number of ketones is 1. The minimum Gasteiger partial charge on any atom is -0.469 e. The molecule has 0 aromatic heterocycles. The Labute approximate surface area is 211 Å². The van der Waals surface area contributed by atoms with E-state index in [4.69, 9.17) is 13.6 Å². The van der Waals surface area contributed by atoms with Crippen LogP contribution in [0.25, 0.3) is 0 Å². The van der Waals surface area contributed by atoms with Crippen molar-refractivity contribution in [3.05, 3.63) is 0 Å². The summed E-state index contributed by atoms with van der Waals surface area (Å²) in [7, 11) is -3.12. The molecule has 0 aromatic rings. The van der Waals surface area contributed by atoms with Crippen molar-refractivity contribution in [3.63, 3.8) is 0 Å². The van der Waals surface area contributed by atoms with E-state index in [2.05, 4.69) is 67.7 Å². The van der Waals surface area contributed by atoms with E-state index >= 15 is 0 Å². The van der Waals surface area contributed by atoms with Crippen LogP contribution in [0, 0.1) is 17.3 Å². The zero-order chi connectivity index (χ0) is 27.5. The second kappa shape index (κ2) is 11.7. The lowest BCUT2D eigenvalue weighted by Crippen LogP contribution is -2.54. The highest BCUT2D eigenvalue weighted by atomic mass is 28.4. The van der Waals surface area contributed by atoms with Crippen LogP contribution in [0.3, 0.4) is 0 Å². The number of rotatable bonds is 12. The topological polar surface area (TPSA) is 82.1 Å². The molecule has 0 amide bonds. The molecule has 0 aromatic carbocycles. The summed E-state index contributed by atoms with van der Waals surface area (Å²) in [5.74, 6) is -1.10. The smallest absolute Gasteiger partial charge is 0.308 e. The van der Waals surface area contributed by atoms with Gasteiger partial charge in [-0.15, -0.1) is 0 Å². The molecule has 0 spiro atoms. The van der Waals surface area contributed by atoms with Gasteiger partial charge in [-0.1, -0.05) is 69.2 Å². The summed E-state index contributed by atoms with van der Waals surface area (Å²) in [6.45, 7) is 28.9. The van der Waals surface area contributed by atoms with E-state index in [0.717, 1.165) is 0 Å². The summed E-state index contributed by atoms with van der Waals surface area (Å²) < 4.78 is 18.3. The van der Waals surface area contributed by atoms with Gasteiger partial charge in [0.05, 0.1) is 25.7 Å². The normalized spacial score (nSPS) is 17.6. The molecule has 0 aliphatic rings.